The molecule has 2 atom stereocenters. The number of hydrogen-bond donors (Lipinski definition) is 2. The molecule has 0 aromatic heterocycles. The number of hydrogen-bond acceptors (Lipinski definition) is 4. The number of nitrogens with two attached hydrogens (primary N) is 1. The average molecular weight is 243 g/mol. The number of amides is 1. The molecule has 0 saturated carbocycles. The second kappa shape index (κ2) is 4.92. The Bertz CT molecular complexity index is 291. The van der Waals surface area contributed by atoms with Crippen molar-refractivity contribution in [1.82, 2.24) is 10.2 Å². The first-order valence-electron chi connectivity index (χ1n) is 5.99. The lowest BCUT2D eigenvalue weighted by Crippen LogP contribution is -2.54. The molecule has 100 valence electrons. The van der Waals surface area contributed by atoms with Crippen LogP contribution in [-0.2, 0) is 9.53 Å². The van der Waals surface area contributed by atoms with Gasteiger partial charge in [-0.2, -0.15) is 0 Å². The first-order chi connectivity index (χ1) is 7.70. The van der Waals surface area contributed by atoms with Crippen LogP contribution in [0.3, 0.4) is 0 Å². The Kier molecular flexibility index (Phi) is 4.17. The zero-order valence-electron chi connectivity index (χ0n) is 11.5. The molecule has 0 aromatic carbocycles. The molecule has 5 heteroatoms. The summed E-state index contributed by atoms with van der Waals surface area (Å²) in [7, 11) is 4.00. The van der Waals surface area contributed by atoms with Crippen LogP contribution in [-0.4, -0.2) is 56.2 Å². The SMILES string of the molecule is CN(C)C(C)(C)CNC(=O)C1(C)COCC1N. The lowest BCUT2D eigenvalue weighted by molar-refractivity contribution is -0.131. The second-order valence-electron chi connectivity index (χ2n) is 5.93. The molecule has 17 heavy (non-hydrogen) atoms. The molecule has 0 aromatic rings. The fraction of sp³-hybridized carbons (Fsp3) is 0.917. The number of ether oxygens (including phenoxy) is 1. The molecule has 1 heterocycles. The molecule has 1 rings (SSSR count). The van der Waals surface area contributed by atoms with E-state index in [-0.39, 0.29) is 17.5 Å². The fourth-order valence-corrected chi connectivity index (χ4v) is 1.58. The van der Waals surface area contributed by atoms with E-state index in [0.717, 1.165) is 0 Å². The van der Waals surface area contributed by atoms with Gasteiger partial charge in [0.15, 0.2) is 0 Å². The van der Waals surface area contributed by atoms with Gasteiger partial charge >= 0.3 is 0 Å². The number of rotatable bonds is 4. The summed E-state index contributed by atoms with van der Waals surface area (Å²) in [4.78, 5) is 14.2. The third kappa shape index (κ3) is 2.97. The molecule has 1 aliphatic heterocycles. The largest absolute Gasteiger partial charge is 0.379 e. The van der Waals surface area contributed by atoms with Crippen LogP contribution in [0.15, 0.2) is 0 Å². The van der Waals surface area contributed by atoms with Gasteiger partial charge in [-0.1, -0.05) is 0 Å². The van der Waals surface area contributed by atoms with Crippen LogP contribution in [0, 0.1) is 5.41 Å². The predicted octanol–water partition coefficient (Wildman–Crippen LogP) is -0.193. The smallest absolute Gasteiger partial charge is 0.230 e. The fourth-order valence-electron chi connectivity index (χ4n) is 1.58. The molecular formula is C12H25N3O2. The normalized spacial score (nSPS) is 29.7. The van der Waals surface area contributed by atoms with Crippen LogP contribution in [0.25, 0.3) is 0 Å². The third-order valence-electron chi connectivity index (χ3n) is 3.93. The molecule has 1 saturated heterocycles. The molecule has 0 bridgehead atoms. The van der Waals surface area contributed by atoms with E-state index in [0.29, 0.717) is 19.8 Å². The Morgan fingerprint density at radius 2 is 2.18 bits per heavy atom. The van der Waals surface area contributed by atoms with E-state index in [1.807, 2.05) is 21.0 Å². The molecule has 3 N–H and O–H groups in total. The maximum Gasteiger partial charge on any atom is 0.230 e. The highest BCUT2D eigenvalue weighted by Crippen LogP contribution is 2.27. The topological polar surface area (TPSA) is 67.6 Å². The van der Waals surface area contributed by atoms with Crippen LogP contribution in [0.2, 0.25) is 0 Å². The van der Waals surface area contributed by atoms with Crippen LogP contribution in [0.1, 0.15) is 20.8 Å². The summed E-state index contributed by atoms with van der Waals surface area (Å²) in [5.41, 5.74) is 5.25. The van der Waals surface area contributed by atoms with Gasteiger partial charge in [-0.3, -0.25) is 4.79 Å². The summed E-state index contributed by atoms with van der Waals surface area (Å²) in [5.74, 6) is -0.0163. The van der Waals surface area contributed by atoms with Crippen molar-refractivity contribution in [2.45, 2.75) is 32.4 Å². The highest BCUT2D eigenvalue weighted by molar-refractivity contribution is 5.83. The minimum absolute atomic E-state index is 0.0163. The van der Waals surface area contributed by atoms with Crippen molar-refractivity contribution in [1.29, 1.82) is 0 Å². The summed E-state index contributed by atoms with van der Waals surface area (Å²) in [5, 5.41) is 2.98. The Balaban J connectivity index is 2.56. The Hall–Kier alpha value is -0.650. The average Bonchev–Trinajstić information content (AvgIpc) is 2.57. The van der Waals surface area contributed by atoms with Crippen LogP contribution in [0.4, 0.5) is 0 Å². The molecular weight excluding hydrogens is 218 g/mol. The Labute approximate surface area is 104 Å². The van der Waals surface area contributed by atoms with Gasteiger partial charge in [-0.05, 0) is 34.9 Å². The van der Waals surface area contributed by atoms with E-state index < -0.39 is 5.41 Å². The van der Waals surface area contributed by atoms with E-state index in [1.54, 1.807) is 0 Å². The van der Waals surface area contributed by atoms with E-state index in [2.05, 4.69) is 24.1 Å². The van der Waals surface area contributed by atoms with Gasteiger partial charge in [-0.15, -0.1) is 0 Å². The van der Waals surface area contributed by atoms with E-state index in [4.69, 9.17) is 10.5 Å². The zero-order chi connectivity index (χ0) is 13.3. The van der Waals surface area contributed by atoms with Gasteiger partial charge in [0.2, 0.25) is 5.91 Å². The minimum Gasteiger partial charge on any atom is -0.379 e. The second-order valence-corrected chi connectivity index (χ2v) is 5.93. The standard InChI is InChI=1S/C12H25N3O2/c1-11(2,15(4)5)7-14-10(16)12(3)8-17-6-9(12)13/h9H,6-8,13H2,1-5H3,(H,14,16). The molecule has 5 nitrogen and oxygen atoms in total. The van der Waals surface area contributed by atoms with Crippen molar-refractivity contribution in [3.8, 4) is 0 Å². The molecule has 0 aliphatic carbocycles. The summed E-state index contributed by atoms with van der Waals surface area (Å²) in [6.45, 7) is 7.49. The van der Waals surface area contributed by atoms with Gasteiger partial charge in [-0.25, -0.2) is 0 Å². The third-order valence-corrected chi connectivity index (χ3v) is 3.93. The van der Waals surface area contributed by atoms with Gasteiger partial charge in [0.25, 0.3) is 0 Å². The highest BCUT2D eigenvalue weighted by Gasteiger charge is 2.44. The molecule has 0 radical (unpaired) electrons. The molecule has 1 fully saturated rings. The Morgan fingerprint density at radius 1 is 1.59 bits per heavy atom. The Morgan fingerprint density at radius 3 is 2.59 bits per heavy atom. The molecule has 0 spiro atoms. The number of likely N-dealkylation sites (N-methyl/N-ethyl adjacent to an activating group) is 1. The van der Waals surface area contributed by atoms with Crippen LogP contribution >= 0.6 is 0 Å². The summed E-state index contributed by atoms with van der Waals surface area (Å²) in [6.07, 6.45) is 0. The van der Waals surface area contributed by atoms with Gasteiger partial charge in [0.05, 0.1) is 18.6 Å². The van der Waals surface area contributed by atoms with Gasteiger partial charge < -0.3 is 20.7 Å². The van der Waals surface area contributed by atoms with Crippen molar-refractivity contribution >= 4 is 5.91 Å². The number of carbonyl (C=O) groups excluding carboxylic acids is 1. The molecule has 1 aliphatic rings. The molecule has 2 unspecified atom stereocenters. The van der Waals surface area contributed by atoms with E-state index >= 15 is 0 Å². The maximum absolute atomic E-state index is 12.2. The number of nitrogens with zero attached hydrogens (tertiary/aromatic N) is 1. The summed E-state index contributed by atoms with van der Waals surface area (Å²) < 4.78 is 5.28. The lowest BCUT2D eigenvalue weighted by atomic mass is 9.84. The summed E-state index contributed by atoms with van der Waals surface area (Å²) >= 11 is 0. The lowest BCUT2D eigenvalue weighted by Gasteiger charge is -2.34. The zero-order valence-corrected chi connectivity index (χ0v) is 11.5. The van der Waals surface area contributed by atoms with Crippen molar-refractivity contribution in [2.75, 3.05) is 33.9 Å². The summed E-state index contributed by atoms with van der Waals surface area (Å²) in [6, 6.07) is -0.218. The first kappa shape index (κ1) is 14.4. The monoisotopic (exact) mass is 243 g/mol. The van der Waals surface area contributed by atoms with Crippen molar-refractivity contribution in [3.63, 3.8) is 0 Å². The van der Waals surface area contributed by atoms with E-state index in [9.17, 15) is 4.79 Å². The van der Waals surface area contributed by atoms with Crippen molar-refractivity contribution < 1.29 is 9.53 Å². The number of carbonyl (C=O) groups is 1. The number of nitrogens with one attached hydrogen (secondary N) is 1. The van der Waals surface area contributed by atoms with Crippen LogP contribution < -0.4 is 11.1 Å². The van der Waals surface area contributed by atoms with E-state index in [1.165, 1.54) is 0 Å². The maximum atomic E-state index is 12.2. The molecule has 1 amide bonds. The van der Waals surface area contributed by atoms with Crippen molar-refractivity contribution in [2.24, 2.45) is 11.1 Å². The quantitative estimate of drug-likeness (QED) is 0.718. The van der Waals surface area contributed by atoms with Gasteiger partial charge in [0.1, 0.15) is 0 Å². The highest BCUT2D eigenvalue weighted by atomic mass is 16.5. The van der Waals surface area contributed by atoms with Crippen molar-refractivity contribution in [3.05, 3.63) is 0 Å². The van der Waals surface area contributed by atoms with Gasteiger partial charge in [0, 0.05) is 18.1 Å². The van der Waals surface area contributed by atoms with Crippen LogP contribution in [0.5, 0.6) is 0 Å². The minimum atomic E-state index is -0.595. The predicted molar refractivity (Wildman–Crippen MR) is 67.7 cm³/mol. The first-order valence-corrected chi connectivity index (χ1v) is 5.99.